The van der Waals surface area contributed by atoms with E-state index < -0.39 is 18.6 Å². The van der Waals surface area contributed by atoms with Gasteiger partial charge in [-0.3, -0.25) is 9.79 Å². The summed E-state index contributed by atoms with van der Waals surface area (Å²) in [6.45, 7) is -0.109. The van der Waals surface area contributed by atoms with Crippen LogP contribution in [-0.2, 0) is 11.3 Å². The maximum Gasteiger partial charge on any atom is 0.406 e. The largest absolute Gasteiger partial charge is 0.406 e. The van der Waals surface area contributed by atoms with Gasteiger partial charge in [0.1, 0.15) is 6.54 Å². The minimum Gasteiger partial charge on any atom is -0.356 e. The molecule has 1 amide bonds. The van der Waals surface area contributed by atoms with Crippen LogP contribution in [0.1, 0.15) is 6.42 Å². The van der Waals surface area contributed by atoms with Crippen LogP contribution in [0.5, 0.6) is 0 Å². The Bertz CT molecular complexity index is 791. The molecule has 0 aliphatic carbocycles. The van der Waals surface area contributed by atoms with Gasteiger partial charge in [-0.25, -0.2) is 0 Å². The molecule has 0 aliphatic rings. The van der Waals surface area contributed by atoms with Crippen molar-refractivity contribution in [2.75, 3.05) is 33.7 Å². The summed E-state index contributed by atoms with van der Waals surface area (Å²) in [5.74, 6) is -0.282. The van der Waals surface area contributed by atoms with Gasteiger partial charge in [-0.05, 0) is 23.9 Å². The molecule has 1 aromatic heterocycles. The maximum atomic E-state index is 12.3. The van der Waals surface area contributed by atoms with Gasteiger partial charge < -0.3 is 20.1 Å². The van der Waals surface area contributed by atoms with E-state index in [-0.39, 0.29) is 30.5 Å². The van der Waals surface area contributed by atoms with E-state index in [1.54, 1.807) is 7.05 Å². The van der Waals surface area contributed by atoms with E-state index in [4.69, 9.17) is 0 Å². The SMILES string of the molecule is CN=C(NCCCn1ccc2ccccc21)NCC(=O)N(C)CC(F)(F)F.I. The van der Waals surface area contributed by atoms with Crippen molar-refractivity contribution < 1.29 is 18.0 Å². The molecule has 0 saturated carbocycles. The summed E-state index contributed by atoms with van der Waals surface area (Å²) >= 11 is 0. The number of nitrogens with one attached hydrogen (secondary N) is 2. The van der Waals surface area contributed by atoms with Crippen LogP contribution in [0.4, 0.5) is 13.2 Å². The average molecular weight is 511 g/mol. The summed E-state index contributed by atoms with van der Waals surface area (Å²) in [6, 6.07) is 10.2. The van der Waals surface area contributed by atoms with E-state index >= 15 is 0 Å². The number of likely N-dealkylation sites (N-methyl/N-ethyl adjacent to an activating group) is 1. The summed E-state index contributed by atoms with van der Waals surface area (Å²) in [6.07, 6.45) is -1.55. The number of guanidine groups is 1. The first-order valence-electron chi connectivity index (χ1n) is 8.59. The molecule has 0 radical (unpaired) electrons. The Morgan fingerprint density at radius 2 is 1.93 bits per heavy atom. The number of amides is 1. The van der Waals surface area contributed by atoms with Gasteiger partial charge in [0, 0.05) is 38.9 Å². The molecule has 0 atom stereocenters. The third-order valence-electron chi connectivity index (χ3n) is 4.02. The highest BCUT2D eigenvalue weighted by Crippen LogP contribution is 2.16. The highest BCUT2D eigenvalue weighted by molar-refractivity contribution is 14.0. The van der Waals surface area contributed by atoms with E-state index in [2.05, 4.69) is 38.4 Å². The number of hydrogen-bond donors (Lipinski definition) is 2. The second-order valence-electron chi connectivity index (χ2n) is 6.14. The smallest absolute Gasteiger partial charge is 0.356 e. The van der Waals surface area contributed by atoms with Gasteiger partial charge in [0.05, 0.1) is 6.54 Å². The number of hydrogen-bond acceptors (Lipinski definition) is 2. The van der Waals surface area contributed by atoms with E-state index in [9.17, 15) is 18.0 Å². The monoisotopic (exact) mass is 511 g/mol. The van der Waals surface area contributed by atoms with E-state index in [1.807, 2.05) is 18.3 Å². The minimum absolute atomic E-state index is 0. The van der Waals surface area contributed by atoms with Crippen LogP contribution in [0.25, 0.3) is 10.9 Å². The van der Waals surface area contributed by atoms with Crippen LogP contribution in [0, 0.1) is 0 Å². The van der Waals surface area contributed by atoms with E-state index in [1.165, 1.54) is 10.9 Å². The first-order chi connectivity index (χ1) is 12.8. The summed E-state index contributed by atoms with van der Waals surface area (Å²) in [4.78, 5) is 16.3. The van der Waals surface area contributed by atoms with Gasteiger partial charge in [-0.15, -0.1) is 24.0 Å². The molecule has 0 saturated heterocycles. The molecule has 28 heavy (non-hydrogen) atoms. The molecule has 10 heteroatoms. The molecule has 1 aromatic carbocycles. The normalized spacial score (nSPS) is 11.8. The molecule has 6 nitrogen and oxygen atoms in total. The molecule has 0 spiro atoms. The Labute approximate surface area is 179 Å². The van der Waals surface area contributed by atoms with Crippen molar-refractivity contribution >= 4 is 46.7 Å². The zero-order chi connectivity index (χ0) is 19.9. The standard InChI is InChI=1S/C18H24F3N5O.HI/c1-22-17(24-12-16(27)25(2)13-18(19,20)21)23-9-5-10-26-11-8-14-6-3-4-7-15(14)26;/h3-4,6-8,11H,5,9-10,12-13H2,1-2H3,(H2,22,23,24);1H. The lowest BCUT2D eigenvalue weighted by Crippen LogP contribution is -2.45. The van der Waals surface area contributed by atoms with E-state index in [0.717, 1.165) is 20.0 Å². The molecule has 156 valence electrons. The second kappa shape index (κ2) is 11.1. The quantitative estimate of drug-likeness (QED) is 0.260. The van der Waals surface area contributed by atoms with Crippen LogP contribution < -0.4 is 10.6 Å². The average Bonchev–Trinajstić information content (AvgIpc) is 3.02. The molecule has 0 bridgehead atoms. The summed E-state index contributed by atoms with van der Waals surface area (Å²) < 4.78 is 39.1. The number of aromatic nitrogens is 1. The molecule has 2 N–H and O–H groups in total. The Kier molecular flexibility index (Phi) is 9.56. The first-order valence-corrected chi connectivity index (χ1v) is 8.59. The molecule has 0 aliphatic heterocycles. The number of halogens is 4. The van der Waals surface area contributed by atoms with Crippen LogP contribution in [-0.4, -0.2) is 61.2 Å². The Balaban J connectivity index is 0.00000392. The van der Waals surface area contributed by atoms with Gasteiger partial charge in [0.15, 0.2) is 5.96 Å². The van der Waals surface area contributed by atoms with Crippen molar-refractivity contribution in [1.29, 1.82) is 0 Å². The molecule has 2 aromatic rings. The van der Waals surface area contributed by atoms with Gasteiger partial charge in [-0.2, -0.15) is 13.2 Å². The number of alkyl halides is 3. The predicted molar refractivity (Wildman–Crippen MR) is 115 cm³/mol. The van der Waals surface area contributed by atoms with Crippen molar-refractivity contribution in [3.05, 3.63) is 36.5 Å². The molecular weight excluding hydrogens is 486 g/mol. The number of rotatable bonds is 7. The molecule has 1 heterocycles. The molecule has 2 rings (SSSR count). The van der Waals surface area contributed by atoms with Gasteiger partial charge in [-0.1, -0.05) is 18.2 Å². The fraction of sp³-hybridized carbons (Fsp3) is 0.444. The number of benzene rings is 1. The van der Waals surface area contributed by atoms with Gasteiger partial charge in [0.25, 0.3) is 0 Å². The number of nitrogens with zero attached hydrogens (tertiary/aromatic N) is 3. The van der Waals surface area contributed by atoms with Gasteiger partial charge in [0.2, 0.25) is 5.91 Å². The van der Waals surface area contributed by atoms with E-state index in [0.29, 0.717) is 17.4 Å². The highest BCUT2D eigenvalue weighted by Gasteiger charge is 2.31. The fourth-order valence-corrected chi connectivity index (χ4v) is 2.66. The lowest BCUT2D eigenvalue weighted by molar-refractivity contribution is -0.157. The topological polar surface area (TPSA) is 61.7 Å². The highest BCUT2D eigenvalue weighted by atomic mass is 127. The van der Waals surface area contributed by atoms with Gasteiger partial charge >= 0.3 is 6.18 Å². The first kappa shape index (κ1) is 24.1. The summed E-state index contributed by atoms with van der Waals surface area (Å²) in [5.41, 5.74) is 1.17. The molecule has 0 unspecified atom stereocenters. The van der Waals surface area contributed by atoms with Crippen LogP contribution in [0.3, 0.4) is 0 Å². The van der Waals surface area contributed by atoms with Crippen LogP contribution in [0.15, 0.2) is 41.5 Å². The minimum atomic E-state index is -4.41. The summed E-state index contributed by atoms with van der Waals surface area (Å²) in [5, 5.41) is 6.97. The van der Waals surface area contributed by atoms with Crippen molar-refractivity contribution in [1.82, 2.24) is 20.1 Å². The zero-order valence-electron chi connectivity index (χ0n) is 15.8. The zero-order valence-corrected chi connectivity index (χ0v) is 18.1. The van der Waals surface area contributed by atoms with Crippen molar-refractivity contribution in [2.45, 2.75) is 19.1 Å². The predicted octanol–water partition coefficient (Wildman–Crippen LogP) is 2.84. The number of aryl methyl sites for hydroxylation is 1. The Hall–Kier alpha value is -1.98. The van der Waals surface area contributed by atoms with Crippen molar-refractivity contribution in [3.8, 4) is 0 Å². The van der Waals surface area contributed by atoms with Crippen LogP contribution in [0.2, 0.25) is 0 Å². The Morgan fingerprint density at radius 3 is 2.61 bits per heavy atom. The molecule has 0 fully saturated rings. The maximum absolute atomic E-state index is 12.3. The fourth-order valence-electron chi connectivity index (χ4n) is 2.66. The number of fused-ring (bicyclic) bond motifs is 1. The van der Waals surface area contributed by atoms with Crippen molar-refractivity contribution in [3.63, 3.8) is 0 Å². The second-order valence-corrected chi connectivity index (χ2v) is 6.14. The lowest BCUT2D eigenvalue weighted by atomic mass is 10.2. The lowest BCUT2D eigenvalue weighted by Gasteiger charge is -2.20. The number of carbonyl (C=O) groups excluding carboxylic acids is 1. The number of para-hydroxylation sites is 1. The third kappa shape index (κ3) is 7.56. The summed E-state index contributed by atoms with van der Waals surface area (Å²) in [7, 11) is 2.66. The third-order valence-corrected chi connectivity index (χ3v) is 4.02. The van der Waals surface area contributed by atoms with Crippen molar-refractivity contribution in [2.24, 2.45) is 4.99 Å². The molecular formula is C18H25F3IN5O. The number of carbonyl (C=O) groups is 1. The number of aliphatic imine (C=N–C) groups is 1. The van der Waals surface area contributed by atoms with Crippen LogP contribution >= 0.6 is 24.0 Å². The Morgan fingerprint density at radius 1 is 1.21 bits per heavy atom.